The van der Waals surface area contributed by atoms with Gasteiger partial charge >= 0.3 is 0 Å². The molecule has 1 aliphatic heterocycles. The van der Waals surface area contributed by atoms with Crippen LogP contribution in [0.2, 0.25) is 0 Å². The van der Waals surface area contributed by atoms with Crippen LogP contribution in [0.25, 0.3) is 5.76 Å². The number of amides is 1. The second-order valence-corrected chi connectivity index (χ2v) is 9.31. The van der Waals surface area contributed by atoms with E-state index in [2.05, 4.69) is 11.9 Å². The van der Waals surface area contributed by atoms with Crippen LogP contribution in [0.3, 0.4) is 0 Å². The summed E-state index contributed by atoms with van der Waals surface area (Å²) >= 11 is 0. The molecule has 1 amide bonds. The van der Waals surface area contributed by atoms with E-state index in [4.69, 9.17) is 14.2 Å². The van der Waals surface area contributed by atoms with Gasteiger partial charge in [0.05, 0.1) is 31.9 Å². The minimum atomic E-state index is -0.851. The zero-order chi connectivity index (χ0) is 27.9. The highest BCUT2D eigenvalue weighted by molar-refractivity contribution is 6.46. The van der Waals surface area contributed by atoms with Crippen LogP contribution in [0.5, 0.6) is 17.2 Å². The summed E-state index contributed by atoms with van der Waals surface area (Å²) in [5.41, 5.74) is 2.62. The Morgan fingerprint density at radius 1 is 1.03 bits per heavy atom. The summed E-state index contributed by atoms with van der Waals surface area (Å²) < 4.78 is 17.0. The third kappa shape index (κ3) is 5.90. The number of carbonyl (C=O) groups is 2. The van der Waals surface area contributed by atoms with Crippen molar-refractivity contribution in [1.82, 2.24) is 9.88 Å². The van der Waals surface area contributed by atoms with Gasteiger partial charge in [0.25, 0.3) is 11.7 Å². The molecule has 0 bridgehead atoms. The van der Waals surface area contributed by atoms with Gasteiger partial charge in [0.15, 0.2) is 11.5 Å². The molecule has 0 aliphatic carbocycles. The van der Waals surface area contributed by atoms with E-state index < -0.39 is 17.7 Å². The monoisotopic (exact) mass is 530 g/mol. The van der Waals surface area contributed by atoms with Gasteiger partial charge in [-0.3, -0.25) is 14.6 Å². The molecule has 4 rings (SSSR count). The molecular formula is C31H34N2O6. The van der Waals surface area contributed by atoms with Gasteiger partial charge in [0, 0.05) is 24.5 Å². The minimum absolute atomic E-state index is 0.00848. The predicted octanol–water partition coefficient (Wildman–Crippen LogP) is 5.60. The van der Waals surface area contributed by atoms with Crippen molar-refractivity contribution in [3.63, 3.8) is 0 Å². The number of nitrogens with zero attached hydrogens (tertiary/aromatic N) is 2. The van der Waals surface area contributed by atoms with Crippen molar-refractivity contribution < 1.29 is 28.9 Å². The number of likely N-dealkylation sites (tertiary alicyclic amines) is 1. The number of carbonyl (C=O) groups excluding carboxylic acids is 2. The van der Waals surface area contributed by atoms with Crippen molar-refractivity contribution in [3.8, 4) is 17.2 Å². The van der Waals surface area contributed by atoms with Gasteiger partial charge < -0.3 is 24.2 Å². The summed E-state index contributed by atoms with van der Waals surface area (Å²) in [5, 5.41) is 11.5. The number of aliphatic hydroxyl groups is 1. The van der Waals surface area contributed by atoms with E-state index in [0.717, 1.165) is 24.0 Å². The molecule has 1 saturated heterocycles. The normalized spacial score (nSPS) is 16.4. The number of ether oxygens (including phenoxy) is 3. The van der Waals surface area contributed by atoms with Gasteiger partial charge in [-0.05, 0) is 73.4 Å². The lowest BCUT2D eigenvalue weighted by Gasteiger charge is -2.26. The first-order valence-corrected chi connectivity index (χ1v) is 13.1. The molecule has 0 spiro atoms. The number of aliphatic hydroxyl groups excluding tert-OH is 1. The summed E-state index contributed by atoms with van der Waals surface area (Å²) in [6, 6.07) is 13.3. The number of rotatable bonds is 11. The Kier molecular flexibility index (Phi) is 8.86. The van der Waals surface area contributed by atoms with E-state index in [9.17, 15) is 14.7 Å². The largest absolute Gasteiger partial charge is 0.507 e. The second-order valence-electron chi connectivity index (χ2n) is 9.31. The summed E-state index contributed by atoms with van der Waals surface area (Å²) in [4.78, 5) is 32.4. The molecule has 39 heavy (non-hydrogen) atoms. The molecule has 8 heteroatoms. The molecule has 1 fully saturated rings. The van der Waals surface area contributed by atoms with Crippen molar-refractivity contribution in [2.45, 2.75) is 46.2 Å². The molecule has 2 heterocycles. The molecular weight excluding hydrogens is 496 g/mol. The van der Waals surface area contributed by atoms with Crippen molar-refractivity contribution >= 4 is 17.4 Å². The molecule has 2 aromatic carbocycles. The Morgan fingerprint density at radius 2 is 1.82 bits per heavy atom. The fourth-order valence-corrected chi connectivity index (χ4v) is 4.65. The molecule has 0 radical (unpaired) electrons. The predicted molar refractivity (Wildman–Crippen MR) is 148 cm³/mol. The number of unbranched alkanes of at least 4 members (excludes halogenated alkanes) is 1. The number of hydrogen-bond donors (Lipinski definition) is 1. The molecule has 1 N–H and O–H groups in total. The first-order chi connectivity index (χ1) is 18.9. The third-order valence-corrected chi connectivity index (χ3v) is 6.62. The molecule has 8 nitrogen and oxygen atoms in total. The standard InChI is InChI=1S/C31H34N2O6/c1-5-7-15-39-24-12-11-23(16-20(24)3)29(34)27-28(22-10-13-25(38-6-2)26(17-22)37-4)33(31(36)30(27)35)19-21-9-8-14-32-18-21/h8-14,16-18,28,34H,5-7,15,19H2,1-4H3/b29-27+. The van der Waals surface area contributed by atoms with Crippen LogP contribution in [-0.4, -0.2) is 47.0 Å². The molecule has 1 unspecified atom stereocenters. The molecule has 1 aromatic heterocycles. The number of aryl methyl sites for hydroxylation is 1. The van der Waals surface area contributed by atoms with Crippen molar-refractivity contribution in [2.24, 2.45) is 0 Å². The van der Waals surface area contributed by atoms with E-state index in [1.54, 1.807) is 54.9 Å². The van der Waals surface area contributed by atoms with E-state index in [1.807, 2.05) is 19.9 Å². The maximum atomic E-state index is 13.4. The van der Waals surface area contributed by atoms with Crippen LogP contribution in [0.1, 0.15) is 55.0 Å². The number of ketones is 1. The molecule has 204 valence electrons. The Bertz CT molecular complexity index is 1370. The zero-order valence-electron chi connectivity index (χ0n) is 22.8. The Labute approximate surface area is 228 Å². The highest BCUT2D eigenvalue weighted by Crippen LogP contribution is 2.43. The molecule has 1 aliphatic rings. The zero-order valence-corrected chi connectivity index (χ0v) is 22.8. The SMILES string of the molecule is CCCCOc1ccc(/C(O)=C2\C(=O)C(=O)N(Cc3cccnc3)C2c2ccc(OCC)c(OC)c2)cc1C. The van der Waals surface area contributed by atoms with Gasteiger partial charge in [0.2, 0.25) is 0 Å². The first kappa shape index (κ1) is 27.7. The van der Waals surface area contributed by atoms with Crippen molar-refractivity contribution in [1.29, 1.82) is 0 Å². The second kappa shape index (κ2) is 12.5. The molecule has 3 aromatic rings. The third-order valence-electron chi connectivity index (χ3n) is 6.62. The fraction of sp³-hybridized carbons (Fsp3) is 0.323. The van der Waals surface area contributed by atoms with Crippen LogP contribution in [-0.2, 0) is 16.1 Å². The first-order valence-electron chi connectivity index (χ1n) is 13.1. The van der Waals surface area contributed by atoms with Gasteiger partial charge in [-0.1, -0.05) is 25.5 Å². The minimum Gasteiger partial charge on any atom is -0.507 e. The van der Waals surface area contributed by atoms with E-state index in [1.165, 1.54) is 12.0 Å². The van der Waals surface area contributed by atoms with Crippen LogP contribution in [0, 0.1) is 6.92 Å². The van der Waals surface area contributed by atoms with Gasteiger partial charge in [-0.25, -0.2) is 0 Å². The average molecular weight is 531 g/mol. The van der Waals surface area contributed by atoms with Gasteiger partial charge in [-0.2, -0.15) is 0 Å². The quantitative estimate of drug-likeness (QED) is 0.149. The highest BCUT2D eigenvalue weighted by atomic mass is 16.5. The summed E-state index contributed by atoms with van der Waals surface area (Å²) in [7, 11) is 1.53. The lowest BCUT2D eigenvalue weighted by molar-refractivity contribution is -0.140. The van der Waals surface area contributed by atoms with Crippen molar-refractivity contribution in [2.75, 3.05) is 20.3 Å². The van der Waals surface area contributed by atoms with E-state index in [-0.39, 0.29) is 17.9 Å². The maximum Gasteiger partial charge on any atom is 0.295 e. The maximum absolute atomic E-state index is 13.4. The number of benzene rings is 2. The Balaban J connectivity index is 1.82. The van der Waals surface area contributed by atoms with E-state index in [0.29, 0.717) is 41.6 Å². The van der Waals surface area contributed by atoms with E-state index >= 15 is 0 Å². The van der Waals surface area contributed by atoms with Crippen molar-refractivity contribution in [3.05, 3.63) is 88.8 Å². The summed E-state index contributed by atoms with van der Waals surface area (Å²) in [6.07, 6.45) is 5.25. The van der Waals surface area contributed by atoms with Crippen LogP contribution in [0.15, 0.2) is 66.5 Å². The van der Waals surface area contributed by atoms with Crippen LogP contribution >= 0.6 is 0 Å². The summed E-state index contributed by atoms with van der Waals surface area (Å²) in [5.74, 6) is 0.0191. The Hall–Kier alpha value is -4.33. The number of Topliss-reactive ketones (excluding diaryl/α,β-unsaturated/α-hetero) is 1. The molecule has 1 atom stereocenters. The molecule has 0 saturated carbocycles. The number of aromatic nitrogens is 1. The Morgan fingerprint density at radius 3 is 2.49 bits per heavy atom. The lowest BCUT2D eigenvalue weighted by atomic mass is 9.94. The number of pyridine rings is 1. The average Bonchev–Trinajstić information content (AvgIpc) is 3.19. The fourth-order valence-electron chi connectivity index (χ4n) is 4.65. The lowest BCUT2D eigenvalue weighted by Crippen LogP contribution is -2.29. The van der Waals surface area contributed by atoms with Crippen LogP contribution in [0.4, 0.5) is 0 Å². The van der Waals surface area contributed by atoms with Gasteiger partial charge in [0.1, 0.15) is 11.5 Å². The summed E-state index contributed by atoms with van der Waals surface area (Å²) in [6.45, 7) is 7.04. The van der Waals surface area contributed by atoms with Gasteiger partial charge in [-0.15, -0.1) is 0 Å². The number of methoxy groups -OCH3 is 1. The topological polar surface area (TPSA) is 98.2 Å². The van der Waals surface area contributed by atoms with Crippen LogP contribution < -0.4 is 14.2 Å². The highest BCUT2D eigenvalue weighted by Gasteiger charge is 2.46. The smallest absolute Gasteiger partial charge is 0.295 e. The number of hydrogen-bond acceptors (Lipinski definition) is 7.